The van der Waals surface area contributed by atoms with Crippen LogP contribution >= 0.6 is 12.4 Å². The van der Waals surface area contributed by atoms with Gasteiger partial charge in [0.1, 0.15) is 11.8 Å². The first-order valence-corrected chi connectivity index (χ1v) is 6.03. The van der Waals surface area contributed by atoms with Crippen molar-refractivity contribution < 1.29 is 9.84 Å². The van der Waals surface area contributed by atoms with Gasteiger partial charge in [0.15, 0.2) is 0 Å². The second-order valence-corrected chi connectivity index (χ2v) is 5.48. The Kier molecular flexibility index (Phi) is 6.33. The van der Waals surface area contributed by atoms with Crippen molar-refractivity contribution in [1.82, 2.24) is 4.48 Å². The maximum Gasteiger partial charge on any atom is 0.149 e. The van der Waals surface area contributed by atoms with Gasteiger partial charge in [-0.3, -0.25) is 9.48 Å². The molecule has 1 rings (SSSR count). The molecule has 0 spiro atoms. The standard InChI is InChI=1S/C14H22N2O2.ClH/c1-10(2)12-9-11(18-14(17)15-3)7-8-13(12)16(4,5)6;/h7-10H,1-6H3;1H. The molecular weight excluding hydrogens is 264 g/mol. The third-order valence-corrected chi connectivity index (χ3v) is 2.73. The first kappa shape index (κ1) is 17.7. The topological polar surface area (TPSA) is 44.7 Å². The fourth-order valence-corrected chi connectivity index (χ4v) is 1.82. The van der Waals surface area contributed by atoms with E-state index in [-0.39, 0.29) is 12.4 Å². The molecule has 1 aromatic rings. The van der Waals surface area contributed by atoms with E-state index in [0.29, 0.717) is 11.7 Å². The van der Waals surface area contributed by atoms with E-state index in [1.54, 1.807) is 0 Å². The molecule has 0 bridgehead atoms. The summed E-state index contributed by atoms with van der Waals surface area (Å²) >= 11 is 0. The summed E-state index contributed by atoms with van der Waals surface area (Å²) in [6.07, 6.45) is -0.567. The van der Waals surface area contributed by atoms with Gasteiger partial charge in [0.05, 0.1) is 21.1 Å². The Morgan fingerprint density at radius 2 is 1.84 bits per heavy atom. The number of rotatable bonds is 3. The SMILES string of the molecule is CN=C([O-])Oc1ccc([N+](C)(C)C)c(C(C)C)c1.Cl. The Hall–Kier alpha value is -1.26. The Morgan fingerprint density at radius 1 is 1.26 bits per heavy atom. The molecule has 0 aliphatic carbocycles. The average molecular weight is 287 g/mol. The van der Waals surface area contributed by atoms with E-state index in [0.717, 1.165) is 4.48 Å². The van der Waals surface area contributed by atoms with Crippen molar-refractivity contribution >= 4 is 24.2 Å². The molecule has 0 saturated heterocycles. The minimum absolute atomic E-state index is 0. The summed E-state index contributed by atoms with van der Waals surface area (Å²) in [4.78, 5) is 3.46. The van der Waals surface area contributed by atoms with Gasteiger partial charge in [0.2, 0.25) is 0 Å². The lowest BCUT2D eigenvalue weighted by atomic mass is 9.99. The predicted octanol–water partition coefficient (Wildman–Crippen LogP) is 2.15. The normalized spacial score (nSPS) is 12.3. The number of nitrogens with zero attached hydrogens (tertiary/aromatic N) is 2. The quantitative estimate of drug-likeness (QED) is 0.485. The van der Waals surface area contributed by atoms with Gasteiger partial charge in [-0.15, -0.1) is 12.4 Å². The van der Waals surface area contributed by atoms with Gasteiger partial charge in [-0.05, 0) is 18.1 Å². The van der Waals surface area contributed by atoms with Gasteiger partial charge in [-0.2, -0.15) is 0 Å². The summed E-state index contributed by atoms with van der Waals surface area (Å²) in [5.74, 6) is 0.918. The molecule has 108 valence electrons. The molecular formula is C14H23ClN2O2. The van der Waals surface area contributed by atoms with Gasteiger partial charge in [-0.25, -0.2) is 0 Å². The van der Waals surface area contributed by atoms with Crippen molar-refractivity contribution in [2.24, 2.45) is 4.99 Å². The molecule has 0 unspecified atom stereocenters. The second kappa shape index (κ2) is 6.78. The zero-order valence-electron chi connectivity index (χ0n) is 12.4. The maximum absolute atomic E-state index is 11.2. The molecule has 5 heteroatoms. The van der Waals surface area contributed by atoms with Crippen LogP contribution in [-0.4, -0.2) is 34.3 Å². The van der Waals surface area contributed by atoms with E-state index in [1.807, 2.05) is 18.2 Å². The monoisotopic (exact) mass is 286 g/mol. The lowest BCUT2D eigenvalue weighted by molar-refractivity contribution is -0.240. The molecule has 0 atom stereocenters. The summed E-state index contributed by atoms with van der Waals surface area (Å²) in [5.41, 5.74) is 2.40. The van der Waals surface area contributed by atoms with Crippen LogP contribution < -0.4 is 14.3 Å². The fraction of sp³-hybridized carbons (Fsp3) is 0.500. The number of ether oxygens (including phenoxy) is 1. The number of quaternary nitrogens is 1. The van der Waals surface area contributed by atoms with Crippen molar-refractivity contribution in [2.45, 2.75) is 19.8 Å². The highest BCUT2D eigenvalue weighted by atomic mass is 35.5. The highest BCUT2D eigenvalue weighted by Gasteiger charge is 2.19. The molecule has 0 aromatic heterocycles. The predicted molar refractivity (Wildman–Crippen MR) is 81.3 cm³/mol. The molecule has 0 amide bonds. The van der Waals surface area contributed by atoms with Crippen LogP contribution in [0.4, 0.5) is 5.69 Å². The van der Waals surface area contributed by atoms with E-state index in [4.69, 9.17) is 4.74 Å². The number of hydrogen-bond acceptors (Lipinski definition) is 3. The molecule has 0 aliphatic heterocycles. The minimum Gasteiger partial charge on any atom is -0.567 e. The third-order valence-electron chi connectivity index (χ3n) is 2.73. The number of halogens is 1. The van der Waals surface area contributed by atoms with E-state index in [9.17, 15) is 5.11 Å². The number of aliphatic imine (C=N–C) groups is 1. The second-order valence-electron chi connectivity index (χ2n) is 5.48. The van der Waals surface area contributed by atoms with Crippen LogP contribution in [0.5, 0.6) is 5.75 Å². The average Bonchev–Trinajstić information content (AvgIpc) is 2.27. The lowest BCUT2D eigenvalue weighted by Gasteiger charge is -2.28. The minimum atomic E-state index is -0.567. The fourth-order valence-electron chi connectivity index (χ4n) is 1.82. The van der Waals surface area contributed by atoms with Crippen molar-refractivity contribution in [2.75, 3.05) is 28.2 Å². The largest absolute Gasteiger partial charge is 0.567 e. The molecule has 0 radical (unpaired) electrons. The van der Waals surface area contributed by atoms with Crippen molar-refractivity contribution in [1.29, 1.82) is 0 Å². The number of hydrogen-bond donors (Lipinski definition) is 0. The summed E-state index contributed by atoms with van der Waals surface area (Å²) in [6, 6.07) is 5.74. The first-order chi connectivity index (χ1) is 8.25. The highest BCUT2D eigenvalue weighted by Crippen LogP contribution is 2.32. The summed E-state index contributed by atoms with van der Waals surface area (Å²) in [7, 11) is 7.78. The van der Waals surface area contributed by atoms with Crippen LogP contribution in [0, 0.1) is 0 Å². The van der Waals surface area contributed by atoms with Crippen LogP contribution in [-0.2, 0) is 0 Å². The summed E-state index contributed by atoms with van der Waals surface area (Å²) < 4.78 is 5.85. The summed E-state index contributed by atoms with van der Waals surface area (Å²) in [5, 5.41) is 11.2. The molecule has 0 saturated carbocycles. The van der Waals surface area contributed by atoms with E-state index >= 15 is 0 Å². The first-order valence-electron chi connectivity index (χ1n) is 6.03. The van der Waals surface area contributed by atoms with Crippen molar-refractivity contribution in [3.05, 3.63) is 23.8 Å². The molecule has 0 fully saturated rings. The van der Waals surface area contributed by atoms with Crippen LogP contribution in [0.3, 0.4) is 0 Å². The number of benzene rings is 1. The van der Waals surface area contributed by atoms with Crippen LogP contribution in [0.2, 0.25) is 0 Å². The molecule has 0 heterocycles. The Labute approximate surface area is 121 Å². The van der Waals surface area contributed by atoms with Gasteiger partial charge in [-0.1, -0.05) is 13.8 Å². The molecule has 1 aromatic carbocycles. The van der Waals surface area contributed by atoms with Crippen LogP contribution in [0.1, 0.15) is 25.3 Å². The molecule has 0 N–H and O–H groups in total. The zero-order chi connectivity index (χ0) is 13.9. The zero-order valence-corrected chi connectivity index (χ0v) is 13.2. The Balaban J connectivity index is 0.00000324. The van der Waals surface area contributed by atoms with Gasteiger partial charge < -0.3 is 9.84 Å². The van der Waals surface area contributed by atoms with Gasteiger partial charge in [0, 0.05) is 24.4 Å². The Bertz CT molecular complexity index is 451. The van der Waals surface area contributed by atoms with Crippen molar-refractivity contribution in [3.63, 3.8) is 0 Å². The molecule has 4 nitrogen and oxygen atoms in total. The van der Waals surface area contributed by atoms with Crippen LogP contribution in [0.15, 0.2) is 23.2 Å². The van der Waals surface area contributed by atoms with Gasteiger partial charge >= 0.3 is 0 Å². The maximum atomic E-state index is 11.2. The summed E-state index contributed by atoms with van der Waals surface area (Å²) in [6.45, 7) is 4.26. The third kappa shape index (κ3) is 4.73. The van der Waals surface area contributed by atoms with Crippen LogP contribution in [0.25, 0.3) is 0 Å². The smallest absolute Gasteiger partial charge is 0.149 e. The van der Waals surface area contributed by atoms with Crippen molar-refractivity contribution in [3.8, 4) is 5.75 Å². The molecule has 0 aliphatic rings. The molecule has 19 heavy (non-hydrogen) atoms. The Morgan fingerprint density at radius 3 is 2.26 bits per heavy atom. The van der Waals surface area contributed by atoms with E-state index in [1.165, 1.54) is 18.3 Å². The highest BCUT2D eigenvalue weighted by molar-refractivity contribution is 5.85. The lowest BCUT2D eigenvalue weighted by Crippen LogP contribution is -2.36. The van der Waals surface area contributed by atoms with E-state index < -0.39 is 6.08 Å². The van der Waals surface area contributed by atoms with Gasteiger partial charge in [0.25, 0.3) is 0 Å². The van der Waals surface area contributed by atoms with E-state index in [2.05, 4.69) is 40.0 Å².